The second-order valence-electron chi connectivity index (χ2n) is 5.99. The second kappa shape index (κ2) is 11.5. The van der Waals surface area contributed by atoms with Gasteiger partial charge in [-0.25, -0.2) is 8.78 Å². The summed E-state index contributed by atoms with van der Waals surface area (Å²) in [6.07, 6.45) is 4.85. The normalized spacial score (nSPS) is 11.5. The van der Waals surface area contributed by atoms with Gasteiger partial charge in [0, 0.05) is 19.8 Å². The van der Waals surface area contributed by atoms with Gasteiger partial charge in [-0.3, -0.25) is 9.59 Å². The summed E-state index contributed by atoms with van der Waals surface area (Å²) in [5, 5.41) is 2.65. The van der Waals surface area contributed by atoms with Gasteiger partial charge >= 0.3 is 0 Å². The number of benzene rings is 1. The van der Waals surface area contributed by atoms with Gasteiger partial charge in [0.1, 0.15) is 11.6 Å². The Labute approximate surface area is 153 Å². The predicted molar refractivity (Wildman–Crippen MR) is 97.2 cm³/mol. The van der Waals surface area contributed by atoms with Crippen molar-refractivity contribution in [2.45, 2.75) is 46.5 Å². The van der Waals surface area contributed by atoms with Gasteiger partial charge in [0.05, 0.1) is 11.1 Å². The fraction of sp³-hybridized carbons (Fsp3) is 0.500. The Kier molecular flexibility index (Phi) is 9.73. The Balaban J connectivity index is 2.57. The summed E-state index contributed by atoms with van der Waals surface area (Å²) in [5.74, 6) is -2.92. The third-order valence-corrected chi connectivity index (χ3v) is 3.95. The molecule has 1 amide bonds. The molecule has 0 radical (unpaired) electrons. The zero-order valence-corrected chi connectivity index (χ0v) is 15.7. The van der Waals surface area contributed by atoms with E-state index in [1.54, 1.807) is 0 Å². The number of ether oxygens (including phenoxy) is 1. The first kappa shape index (κ1) is 22.0. The molecule has 1 N–H and O–H groups in total. The highest BCUT2D eigenvalue weighted by Crippen LogP contribution is 2.20. The average molecular weight is 367 g/mol. The van der Waals surface area contributed by atoms with E-state index >= 15 is 0 Å². The molecule has 0 aliphatic rings. The number of unbranched alkanes of at least 4 members (excludes halogenated alkanes) is 2. The zero-order valence-electron chi connectivity index (χ0n) is 15.7. The molecule has 0 unspecified atom stereocenters. The number of nitrogens with one attached hydrogen (secondary N) is 1. The maximum atomic E-state index is 14.0. The first-order valence-corrected chi connectivity index (χ1v) is 8.95. The highest BCUT2D eigenvalue weighted by molar-refractivity contribution is 6.26. The van der Waals surface area contributed by atoms with E-state index in [1.807, 2.05) is 6.92 Å². The molecule has 1 aromatic carbocycles. The molecule has 0 saturated heterocycles. The number of Topliss-reactive ketones (excluding diaryl/α,β-unsaturated/α-hetero) is 1. The lowest BCUT2D eigenvalue weighted by Gasteiger charge is -2.11. The Morgan fingerprint density at radius 1 is 1.12 bits per heavy atom. The van der Waals surface area contributed by atoms with Crippen LogP contribution in [0.15, 0.2) is 23.8 Å². The van der Waals surface area contributed by atoms with Gasteiger partial charge < -0.3 is 10.1 Å². The Morgan fingerprint density at radius 2 is 1.81 bits per heavy atom. The molecule has 26 heavy (non-hydrogen) atoms. The van der Waals surface area contributed by atoms with E-state index in [9.17, 15) is 18.4 Å². The number of halogens is 2. The van der Waals surface area contributed by atoms with Crippen LogP contribution < -0.4 is 5.32 Å². The minimum absolute atomic E-state index is 0.103. The van der Waals surface area contributed by atoms with Crippen LogP contribution in [0.3, 0.4) is 0 Å². The summed E-state index contributed by atoms with van der Waals surface area (Å²) >= 11 is 0. The molecule has 0 aliphatic carbocycles. The first-order chi connectivity index (χ1) is 12.4. The fourth-order valence-corrected chi connectivity index (χ4v) is 2.48. The van der Waals surface area contributed by atoms with Gasteiger partial charge in [0.25, 0.3) is 5.91 Å². The van der Waals surface area contributed by atoms with E-state index in [-0.39, 0.29) is 11.1 Å². The summed E-state index contributed by atoms with van der Waals surface area (Å²) in [5.41, 5.74) is -0.695. The molecule has 0 atom stereocenters. The molecule has 6 heteroatoms. The molecule has 4 nitrogen and oxygen atoms in total. The molecule has 144 valence electrons. The third-order valence-electron chi connectivity index (χ3n) is 3.95. The van der Waals surface area contributed by atoms with Crippen molar-refractivity contribution < 1.29 is 23.1 Å². The number of hydrogen-bond donors (Lipinski definition) is 1. The van der Waals surface area contributed by atoms with Crippen LogP contribution in [-0.2, 0) is 9.53 Å². The topological polar surface area (TPSA) is 55.4 Å². The number of hydrogen-bond acceptors (Lipinski definition) is 3. The van der Waals surface area contributed by atoms with E-state index in [4.69, 9.17) is 4.74 Å². The van der Waals surface area contributed by atoms with Crippen molar-refractivity contribution in [3.05, 3.63) is 46.5 Å². The van der Waals surface area contributed by atoms with E-state index in [0.717, 1.165) is 44.4 Å². The molecular formula is C20H27F2NO3. The maximum absolute atomic E-state index is 14.0. The summed E-state index contributed by atoms with van der Waals surface area (Å²) in [4.78, 5) is 24.7. The molecule has 0 fully saturated rings. The number of carbonyl (C=O) groups is 2. The summed E-state index contributed by atoms with van der Waals surface area (Å²) in [7, 11) is 0. The number of amides is 1. The van der Waals surface area contributed by atoms with Crippen LogP contribution >= 0.6 is 0 Å². The van der Waals surface area contributed by atoms with Gasteiger partial charge in [-0.05, 0) is 57.2 Å². The molecule has 0 spiro atoms. The third kappa shape index (κ3) is 6.33. The van der Waals surface area contributed by atoms with Crippen molar-refractivity contribution in [3.8, 4) is 0 Å². The van der Waals surface area contributed by atoms with Crippen molar-refractivity contribution in [1.82, 2.24) is 5.32 Å². The summed E-state index contributed by atoms with van der Waals surface area (Å²) < 4.78 is 33.0. The fourth-order valence-electron chi connectivity index (χ4n) is 2.48. The number of carbonyl (C=O) groups excluding carboxylic acids is 2. The first-order valence-electron chi connectivity index (χ1n) is 8.95. The van der Waals surface area contributed by atoms with Crippen molar-refractivity contribution in [2.24, 2.45) is 0 Å². The smallest absolute Gasteiger partial charge is 0.254 e. The van der Waals surface area contributed by atoms with Crippen LogP contribution in [0.2, 0.25) is 0 Å². The van der Waals surface area contributed by atoms with E-state index in [0.29, 0.717) is 13.2 Å². The lowest BCUT2D eigenvalue weighted by molar-refractivity contribution is -0.117. The van der Waals surface area contributed by atoms with Gasteiger partial charge in [-0.2, -0.15) is 0 Å². The summed E-state index contributed by atoms with van der Waals surface area (Å²) in [6.45, 7) is 6.73. The van der Waals surface area contributed by atoms with Crippen LogP contribution in [0.5, 0.6) is 0 Å². The quantitative estimate of drug-likeness (QED) is 0.210. The Bertz CT molecular complexity index is 657. The SMILES string of the molecule is C/C=C(/C(=O)NCCCCCOCCC)C(=O)c1c(F)ccc(F)c1C. The van der Waals surface area contributed by atoms with Crippen LogP contribution in [0.25, 0.3) is 0 Å². The highest BCUT2D eigenvalue weighted by Gasteiger charge is 2.24. The molecule has 0 aliphatic heterocycles. The standard InChI is InChI=1S/C20H27F2NO3/c1-4-12-26-13-8-6-7-11-23-20(25)15(5-2)19(24)18-14(3)16(21)9-10-17(18)22/h5,9-10H,4,6-8,11-13H2,1-3H3,(H,23,25)/b15-5+. The van der Waals surface area contributed by atoms with Crippen molar-refractivity contribution in [1.29, 1.82) is 0 Å². The Hall–Kier alpha value is -2.08. The maximum Gasteiger partial charge on any atom is 0.254 e. The lowest BCUT2D eigenvalue weighted by atomic mass is 9.97. The monoisotopic (exact) mass is 367 g/mol. The minimum atomic E-state index is -0.840. The molecular weight excluding hydrogens is 340 g/mol. The van der Waals surface area contributed by atoms with E-state index in [1.165, 1.54) is 19.9 Å². The van der Waals surface area contributed by atoms with Crippen LogP contribution in [0.4, 0.5) is 8.78 Å². The van der Waals surface area contributed by atoms with E-state index in [2.05, 4.69) is 5.32 Å². The summed E-state index contributed by atoms with van der Waals surface area (Å²) in [6, 6.07) is 1.85. The molecule has 1 rings (SSSR count). The van der Waals surface area contributed by atoms with Gasteiger partial charge in [0.15, 0.2) is 0 Å². The molecule has 0 aromatic heterocycles. The van der Waals surface area contributed by atoms with Gasteiger partial charge in [-0.15, -0.1) is 0 Å². The lowest BCUT2D eigenvalue weighted by Crippen LogP contribution is -2.30. The number of allylic oxidation sites excluding steroid dienone is 1. The number of ketones is 1. The number of rotatable bonds is 11. The van der Waals surface area contributed by atoms with Crippen molar-refractivity contribution in [2.75, 3.05) is 19.8 Å². The van der Waals surface area contributed by atoms with Crippen molar-refractivity contribution in [3.63, 3.8) is 0 Å². The molecule has 0 heterocycles. The molecule has 1 aromatic rings. The van der Waals surface area contributed by atoms with Crippen LogP contribution in [0.1, 0.15) is 55.5 Å². The zero-order chi connectivity index (χ0) is 19.5. The molecule has 0 bridgehead atoms. The Morgan fingerprint density at radius 3 is 2.46 bits per heavy atom. The van der Waals surface area contributed by atoms with Gasteiger partial charge in [-0.1, -0.05) is 13.0 Å². The van der Waals surface area contributed by atoms with Crippen LogP contribution in [-0.4, -0.2) is 31.4 Å². The second-order valence-corrected chi connectivity index (χ2v) is 5.99. The molecule has 0 saturated carbocycles. The minimum Gasteiger partial charge on any atom is -0.381 e. The van der Waals surface area contributed by atoms with E-state index < -0.39 is 28.9 Å². The van der Waals surface area contributed by atoms with Gasteiger partial charge in [0.2, 0.25) is 5.78 Å². The highest BCUT2D eigenvalue weighted by atomic mass is 19.1. The largest absolute Gasteiger partial charge is 0.381 e. The van der Waals surface area contributed by atoms with Crippen molar-refractivity contribution >= 4 is 11.7 Å². The van der Waals surface area contributed by atoms with Crippen LogP contribution in [0, 0.1) is 18.6 Å². The average Bonchev–Trinajstić information content (AvgIpc) is 2.61. The predicted octanol–water partition coefficient (Wildman–Crippen LogP) is 4.12.